The molecule has 1 aromatic rings. The molecule has 1 rings (SSSR count). The fraction of sp³-hybridized carbons (Fsp3) is 0.375. The van der Waals surface area contributed by atoms with Crippen molar-refractivity contribution in [2.24, 2.45) is 0 Å². The van der Waals surface area contributed by atoms with E-state index in [1.54, 1.807) is 18.5 Å². The first kappa shape index (κ1) is 7.06. The van der Waals surface area contributed by atoms with E-state index in [9.17, 15) is 4.79 Å². The molecule has 2 nitrogen and oxygen atoms in total. The Labute approximate surface area is 59.9 Å². The number of aromatic amines is 1. The van der Waals surface area contributed by atoms with Crippen molar-refractivity contribution in [3.05, 3.63) is 34.2 Å². The molecule has 0 unspecified atom stereocenters. The van der Waals surface area contributed by atoms with Crippen molar-refractivity contribution < 1.29 is 0 Å². The highest BCUT2D eigenvalue weighted by Crippen LogP contribution is 2.05. The summed E-state index contributed by atoms with van der Waals surface area (Å²) in [6.45, 7) is 4.01. The minimum atomic E-state index is 0.119. The molecule has 0 fully saturated rings. The highest BCUT2D eigenvalue weighted by atomic mass is 16.1. The monoisotopic (exact) mass is 137 g/mol. The van der Waals surface area contributed by atoms with Crippen molar-refractivity contribution in [1.82, 2.24) is 4.98 Å². The first-order valence-corrected chi connectivity index (χ1v) is 3.39. The van der Waals surface area contributed by atoms with Gasteiger partial charge in [0.15, 0.2) is 5.43 Å². The van der Waals surface area contributed by atoms with Crippen LogP contribution in [0.3, 0.4) is 0 Å². The SMILES string of the molecule is CC(C)c1c[nH]ccc1=O. The van der Waals surface area contributed by atoms with Crippen LogP contribution in [0, 0.1) is 0 Å². The van der Waals surface area contributed by atoms with E-state index < -0.39 is 0 Å². The molecule has 0 saturated carbocycles. The van der Waals surface area contributed by atoms with Crippen LogP contribution in [-0.4, -0.2) is 4.98 Å². The molecular weight excluding hydrogens is 126 g/mol. The Hall–Kier alpha value is -1.05. The molecule has 10 heavy (non-hydrogen) atoms. The quantitative estimate of drug-likeness (QED) is 0.625. The zero-order valence-electron chi connectivity index (χ0n) is 6.22. The van der Waals surface area contributed by atoms with Gasteiger partial charge in [-0.05, 0) is 5.92 Å². The summed E-state index contributed by atoms with van der Waals surface area (Å²) in [6.07, 6.45) is 3.40. The maximum absolute atomic E-state index is 11.0. The number of rotatable bonds is 1. The average Bonchev–Trinajstić information content (AvgIpc) is 1.88. The zero-order valence-corrected chi connectivity index (χ0v) is 6.22. The third-order valence-corrected chi connectivity index (χ3v) is 1.48. The lowest BCUT2D eigenvalue weighted by atomic mass is 10.1. The first-order valence-electron chi connectivity index (χ1n) is 3.39. The van der Waals surface area contributed by atoms with Crippen molar-refractivity contribution in [3.8, 4) is 0 Å². The molecule has 0 aromatic carbocycles. The second-order valence-corrected chi connectivity index (χ2v) is 2.62. The first-order chi connectivity index (χ1) is 4.72. The van der Waals surface area contributed by atoms with Crippen LogP contribution < -0.4 is 5.43 Å². The topological polar surface area (TPSA) is 32.9 Å². The minimum absolute atomic E-state index is 0.119. The summed E-state index contributed by atoms with van der Waals surface area (Å²) in [6, 6.07) is 1.55. The summed E-state index contributed by atoms with van der Waals surface area (Å²) >= 11 is 0. The van der Waals surface area contributed by atoms with E-state index >= 15 is 0 Å². The molecule has 2 heteroatoms. The second-order valence-electron chi connectivity index (χ2n) is 2.62. The summed E-state index contributed by atoms with van der Waals surface area (Å²) in [5, 5.41) is 0. The number of pyridine rings is 1. The molecule has 1 aromatic heterocycles. The van der Waals surface area contributed by atoms with Gasteiger partial charge in [-0.2, -0.15) is 0 Å². The molecule has 0 aliphatic carbocycles. The Morgan fingerprint density at radius 1 is 1.50 bits per heavy atom. The Morgan fingerprint density at radius 3 is 2.60 bits per heavy atom. The molecule has 0 aliphatic heterocycles. The molecule has 0 bridgehead atoms. The summed E-state index contributed by atoms with van der Waals surface area (Å²) in [5.74, 6) is 0.310. The van der Waals surface area contributed by atoms with E-state index in [0.717, 1.165) is 5.56 Å². The maximum Gasteiger partial charge on any atom is 0.184 e. The molecule has 0 spiro atoms. The summed E-state index contributed by atoms with van der Waals surface area (Å²) < 4.78 is 0. The van der Waals surface area contributed by atoms with Gasteiger partial charge in [-0.25, -0.2) is 0 Å². The van der Waals surface area contributed by atoms with Crippen molar-refractivity contribution in [2.45, 2.75) is 19.8 Å². The van der Waals surface area contributed by atoms with Crippen LogP contribution in [0.25, 0.3) is 0 Å². The maximum atomic E-state index is 11.0. The van der Waals surface area contributed by atoms with Crippen LogP contribution in [-0.2, 0) is 0 Å². The van der Waals surface area contributed by atoms with Crippen LogP contribution in [0.1, 0.15) is 25.3 Å². The molecule has 1 N–H and O–H groups in total. The highest BCUT2D eigenvalue weighted by molar-refractivity contribution is 5.12. The third kappa shape index (κ3) is 1.26. The lowest BCUT2D eigenvalue weighted by Gasteiger charge is -2.00. The number of hydrogen-bond acceptors (Lipinski definition) is 1. The lowest BCUT2D eigenvalue weighted by Crippen LogP contribution is -2.08. The van der Waals surface area contributed by atoms with Crippen molar-refractivity contribution >= 4 is 0 Å². The fourth-order valence-corrected chi connectivity index (χ4v) is 0.880. The van der Waals surface area contributed by atoms with E-state index in [4.69, 9.17) is 0 Å². The van der Waals surface area contributed by atoms with Gasteiger partial charge in [0.2, 0.25) is 0 Å². The van der Waals surface area contributed by atoms with Crippen molar-refractivity contribution in [1.29, 1.82) is 0 Å². The zero-order chi connectivity index (χ0) is 7.56. The summed E-state index contributed by atoms with van der Waals surface area (Å²) in [7, 11) is 0. The predicted octanol–water partition coefficient (Wildman–Crippen LogP) is 1.50. The fourth-order valence-electron chi connectivity index (χ4n) is 0.880. The smallest absolute Gasteiger partial charge is 0.184 e. The minimum Gasteiger partial charge on any atom is -0.367 e. The molecular formula is C8H11NO. The molecule has 0 atom stereocenters. The van der Waals surface area contributed by atoms with Crippen LogP contribution in [0.2, 0.25) is 0 Å². The van der Waals surface area contributed by atoms with E-state index in [-0.39, 0.29) is 5.43 Å². The highest BCUT2D eigenvalue weighted by Gasteiger charge is 2.00. The van der Waals surface area contributed by atoms with E-state index in [0.29, 0.717) is 5.92 Å². The van der Waals surface area contributed by atoms with Gasteiger partial charge in [-0.1, -0.05) is 13.8 Å². The Kier molecular flexibility index (Phi) is 1.90. The van der Waals surface area contributed by atoms with Gasteiger partial charge in [0.1, 0.15) is 0 Å². The normalized spacial score (nSPS) is 10.3. The van der Waals surface area contributed by atoms with E-state index in [2.05, 4.69) is 4.98 Å². The molecule has 1 heterocycles. The Bertz CT molecular complexity index is 262. The molecule has 54 valence electrons. The van der Waals surface area contributed by atoms with E-state index in [1.165, 1.54) is 0 Å². The van der Waals surface area contributed by atoms with Crippen LogP contribution >= 0.6 is 0 Å². The summed E-state index contributed by atoms with van der Waals surface area (Å²) in [4.78, 5) is 13.9. The van der Waals surface area contributed by atoms with Crippen molar-refractivity contribution in [3.63, 3.8) is 0 Å². The average molecular weight is 137 g/mol. The van der Waals surface area contributed by atoms with Crippen LogP contribution in [0.5, 0.6) is 0 Å². The van der Waals surface area contributed by atoms with Gasteiger partial charge in [-0.15, -0.1) is 0 Å². The number of aromatic nitrogens is 1. The Morgan fingerprint density at radius 2 is 2.20 bits per heavy atom. The molecule has 0 radical (unpaired) electrons. The predicted molar refractivity (Wildman–Crippen MR) is 41.2 cm³/mol. The van der Waals surface area contributed by atoms with Crippen molar-refractivity contribution in [2.75, 3.05) is 0 Å². The standard InChI is InChI=1S/C8H11NO/c1-6(2)7-5-9-4-3-8(7)10/h3-6H,1-2H3,(H,9,10). The lowest BCUT2D eigenvalue weighted by molar-refractivity contribution is 0.848. The third-order valence-electron chi connectivity index (χ3n) is 1.48. The summed E-state index contributed by atoms with van der Waals surface area (Å²) in [5.41, 5.74) is 0.969. The van der Waals surface area contributed by atoms with Gasteiger partial charge in [0, 0.05) is 24.0 Å². The molecule has 0 saturated heterocycles. The van der Waals surface area contributed by atoms with Crippen LogP contribution in [0.15, 0.2) is 23.3 Å². The van der Waals surface area contributed by atoms with Gasteiger partial charge in [0.25, 0.3) is 0 Å². The number of H-pyrrole nitrogens is 1. The number of hydrogen-bond donors (Lipinski definition) is 1. The number of nitrogens with one attached hydrogen (secondary N) is 1. The second kappa shape index (κ2) is 2.69. The van der Waals surface area contributed by atoms with Gasteiger partial charge in [0.05, 0.1) is 0 Å². The van der Waals surface area contributed by atoms with Gasteiger partial charge >= 0.3 is 0 Å². The largest absolute Gasteiger partial charge is 0.367 e. The van der Waals surface area contributed by atoms with Gasteiger partial charge in [-0.3, -0.25) is 4.79 Å². The van der Waals surface area contributed by atoms with Gasteiger partial charge < -0.3 is 4.98 Å². The van der Waals surface area contributed by atoms with Crippen LogP contribution in [0.4, 0.5) is 0 Å². The van der Waals surface area contributed by atoms with E-state index in [1.807, 2.05) is 13.8 Å². The Balaban J connectivity index is 3.16. The molecule has 0 amide bonds. The molecule has 0 aliphatic rings.